The van der Waals surface area contributed by atoms with Crippen LogP contribution in [0.5, 0.6) is 0 Å². The van der Waals surface area contributed by atoms with Crippen molar-refractivity contribution in [3.05, 3.63) is 11.1 Å². The first-order valence-corrected chi connectivity index (χ1v) is 8.25. The summed E-state index contributed by atoms with van der Waals surface area (Å²) in [6, 6.07) is 0.710. The second-order valence-corrected chi connectivity index (χ2v) is 7.08. The van der Waals surface area contributed by atoms with Crippen molar-refractivity contribution in [2.45, 2.75) is 70.7 Å². The van der Waals surface area contributed by atoms with Gasteiger partial charge in [-0.25, -0.2) is 4.79 Å². The summed E-state index contributed by atoms with van der Waals surface area (Å²) in [6.45, 7) is 6.40. The third-order valence-corrected chi connectivity index (χ3v) is 3.98. The number of carbonyl (C=O) groups excluding carboxylic acids is 1. The van der Waals surface area contributed by atoms with Crippen LogP contribution < -0.4 is 10.6 Å². The van der Waals surface area contributed by atoms with E-state index < -0.39 is 5.60 Å². The normalized spacial score (nSPS) is 22.8. The highest BCUT2D eigenvalue weighted by Gasteiger charge is 2.24. The Balaban J connectivity index is 1.65. The molecule has 1 aliphatic rings. The first-order chi connectivity index (χ1) is 9.92. The Kier molecular flexibility index (Phi) is 5.52. The molecule has 2 N–H and O–H groups in total. The standard InChI is InChI=1S/C14H24N4O2S/c1-14(2,3)20-13(19)16-11-6-4-10(5-7-11)15-8-12-9-21-18-17-12/h9-11,15H,4-8H2,1-3H3,(H,16,19). The molecule has 0 atom stereocenters. The van der Waals surface area contributed by atoms with Gasteiger partial charge in [0.1, 0.15) is 5.60 Å². The molecule has 1 aromatic heterocycles. The van der Waals surface area contributed by atoms with Crippen LogP contribution in [0.3, 0.4) is 0 Å². The number of alkyl carbamates (subject to hydrolysis) is 1. The van der Waals surface area contributed by atoms with E-state index in [4.69, 9.17) is 4.74 Å². The molecule has 0 aromatic carbocycles. The molecule has 0 aliphatic heterocycles. The molecule has 118 valence electrons. The van der Waals surface area contributed by atoms with Gasteiger partial charge in [0.15, 0.2) is 0 Å². The highest BCUT2D eigenvalue weighted by Crippen LogP contribution is 2.19. The van der Waals surface area contributed by atoms with Crippen LogP contribution in [0.4, 0.5) is 4.79 Å². The van der Waals surface area contributed by atoms with Crippen molar-refractivity contribution in [1.29, 1.82) is 0 Å². The number of carbonyl (C=O) groups is 1. The third-order valence-electron chi connectivity index (χ3n) is 3.43. The van der Waals surface area contributed by atoms with E-state index in [9.17, 15) is 4.79 Å². The number of rotatable bonds is 4. The van der Waals surface area contributed by atoms with Crippen molar-refractivity contribution in [3.63, 3.8) is 0 Å². The second kappa shape index (κ2) is 7.17. The minimum Gasteiger partial charge on any atom is -0.444 e. The van der Waals surface area contributed by atoms with Crippen molar-refractivity contribution in [2.75, 3.05) is 0 Å². The SMILES string of the molecule is CC(C)(C)OC(=O)NC1CCC(NCc2csnn2)CC1. The maximum Gasteiger partial charge on any atom is 0.407 e. The lowest BCUT2D eigenvalue weighted by Gasteiger charge is -2.30. The van der Waals surface area contributed by atoms with Crippen LogP contribution in [0.1, 0.15) is 52.1 Å². The molecular formula is C14H24N4O2S. The fourth-order valence-electron chi connectivity index (χ4n) is 2.43. The number of nitrogens with zero attached hydrogens (tertiary/aromatic N) is 2. The molecule has 21 heavy (non-hydrogen) atoms. The molecule has 1 heterocycles. The Labute approximate surface area is 129 Å². The van der Waals surface area contributed by atoms with Gasteiger partial charge in [-0.3, -0.25) is 0 Å². The van der Waals surface area contributed by atoms with Crippen molar-refractivity contribution >= 4 is 17.6 Å². The molecule has 1 aliphatic carbocycles. The predicted octanol–water partition coefficient (Wildman–Crippen LogP) is 2.46. The molecular weight excluding hydrogens is 288 g/mol. The highest BCUT2D eigenvalue weighted by atomic mass is 32.1. The van der Waals surface area contributed by atoms with E-state index >= 15 is 0 Å². The average molecular weight is 312 g/mol. The van der Waals surface area contributed by atoms with Crippen LogP contribution in [0.15, 0.2) is 5.38 Å². The van der Waals surface area contributed by atoms with Gasteiger partial charge in [0.25, 0.3) is 0 Å². The molecule has 1 saturated carbocycles. The molecule has 0 radical (unpaired) electrons. The lowest BCUT2D eigenvalue weighted by Crippen LogP contribution is -2.43. The van der Waals surface area contributed by atoms with E-state index in [0.29, 0.717) is 6.04 Å². The quantitative estimate of drug-likeness (QED) is 0.893. The van der Waals surface area contributed by atoms with E-state index in [-0.39, 0.29) is 12.1 Å². The zero-order valence-corrected chi connectivity index (χ0v) is 13.7. The van der Waals surface area contributed by atoms with E-state index in [2.05, 4.69) is 20.2 Å². The van der Waals surface area contributed by atoms with E-state index in [0.717, 1.165) is 37.9 Å². The summed E-state index contributed by atoms with van der Waals surface area (Å²) in [5.41, 5.74) is 0.554. The van der Waals surface area contributed by atoms with Crippen LogP contribution >= 0.6 is 11.5 Å². The molecule has 2 rings (SSSR count). The van der Waals surface area contributed by atoms with Gasteiger partial charge in [-0.2, -0.15) is 0 Å². The number of hydrogen-bond donors (Lipinski definition) is 2. The Morgan fingerprint density at radius 3 is 2.57 bits per heavy atom. The minimum atomic E-state index is -0.440. The van der Waals surface area contributed by atoms with E-state index in [1.807, 2.05) is 26.2 Å². The number of ether oxygens (including phenoxy) is 1. The molecule has 6 nitrogen and oxygen atoms in total. The summed E-state index contributed by atoms with van der Waals surface area (Å²) in [6.07, 6.45) is 3.75. The maximum absolute atomic E-state index is 11.7. The number of amides is 1. The smallest absolute Gasteiger partial charge is 0.407 e. The summed E-state index contributed by atoms with van der Waals surface area (Å²) < 4.78 is 9.13. The van der Waals surface area contributed by atoms with Crippen LogP contribution in [0.25, 0.3) is 0 Å². The van der Waals surface area contributed by atoms with Crippen LogP contribution in [0.2, 0.25) is 0 Å². The molecule has 1 amide bonds. The molecule has 1 aromatic rings. The van der Waals surface area contributed by atoms with Gasteiger partial charge in [0.05, 0.1) is 5.69 Å². The molecule has 0 unspecified atom stereocenters. The van der Waals surface area contributed by atoms with Crippen LogP contribution in [-0.4, -0.2) is 33.4 Å². The zero-order chi connectivity index (χ0) is 15.3. The fourth-order valence-corrected chi connectivity index (χ4v) is 2.88. The molecule has 1 fully saturated rings. The Hall–Kier alpha value is -1.21. The van der Waals surface area contributed by atoms with E-state index in [1.54, 1.807) is 0 Å². The Bertz CT molecular complexity index is 436. The lowest BCUT2D eigenvalue weighted by atomic mass is 9.91. The first-order valence-electron chi connectivity index (χ1n) is 7.41. The van der Waals surface area contributed by atoms with Gasteiger partial charge in [-0.15, -0.1) is 5.10 Å². The summed E-state index contributed by atoms with van der Waals surface area (Å²) in [7, 11) is 0. The number of nitrogens with one attached hydrogen (secondary N) is 2. The second-order valence-electron chi connectivity index (χ2n) is 6.47. The first kappa shape index (κ1) is 16.2. The van der Waals surface area contributed by atoms with Crippen molar-refractivity contribution in [3.8, 4) is 0 Å². The molecule has 0 saturated heterocycles. The highest BCUT2D eigenvalue weighted by molar-refractivity contribution is 7.03. The van der Waals surface area contributed by atoms with Crippen molar-refractivity contribution < 1.29 is 9.53 Å². The van der Waals surface area contributed by atoms with Gasteiger partial charge < -0.3 is 15.4 Å². The lowest BCUT2D eigenvalue weighted by molar-refractivity contribution is 0.0489. The maximum atomic E-state index is 11.7. The van der Waals surface area contributed by atoms with Crippen LogP contribution in [0, 0.1) is 0 Å². The zero-order valence-electron chi connectivity index (χ0n) is 12.9. The van der Waals surface area contributed by atoms with Gasteiger partial charge >= 0.3 is 6.09 Å². The average Bonchev–Trinajstić information content (AvgIpc) is 2.89. The number of aromatic nitrogens is 2. The molecule has 7 heteroatoms. The number of hydrogen-bond acceptors (Lipinski definition) is 6. The predicted molar refractivity (Wildman–Crippen MR) is 82.2 cm³/mol. The van der Waals surface area contributed by atoms with Crippen LogP contribution in [-0.2, 0) is 11.3 Å². The van der Waals surface area contributed by atoms with Gasteiger partial charge in [-0.1, -0.05) is 4.49 Å². The molecule has 0 spiro atoms. The van der Waals surface area contributed by atoms with Gasteiger partial charge in [-0.05, 0) is 58.0 Å². The largest absolute Gasteiger partial charge is 0.444 e. The summed E-state index contributed by atoms with van der Waals surface area (Å²) in [4.78, 5) is 11.7. The Morgan fingerprint density at radius 2 is 2.00 bits per heavy atom. The fraction of sp³-hybridized carbons (Fsp3) is 0.786. The van der Waals surface area contributed by atoms with Crippen molar-refractivity contribution in [1.82, 2.24) is 20.2 Å². The van der Waals surface area contributed by atoms with Crippen molar-refractivity contribution in [2.24, 2.45) is 0 Å². The Morgan fingerprint density at radius 1 is 1.33 bits per heavy atom. The third kappa shape index (κ3) is 5.97. The molecule has 0 bridgehead atoms. The topological polar surface area (TPSA) is 76.1 Å². The van der Waals surface area contributed by atoms with Gasteiger partial charge in [0.2, 0.25) is 0 Å². The summed E-state index contributed by atoms with van der Waals surface area (Å²) in [5.74, 6) is 0. The minimum absolute atomic E-state index is 0.221. The monoisotopic (exact) mass is 312 g/mol. The van der Waals surface area contributed by atoms with Gasteiger partial charge in [0, 0.05) is 24.0 Å². The van der Waals surface area contributed by atoms with E-state index in [1.165, 1.54) is 11.5 Å². The summed E-state index contributed by atoms with van der Waals surface area (Å²) >= 11 is 1.38. The summed E-state index contributed by atoms with van der Waals surface area (Å²) in [5, 5.41) is 12.4.